The summed E-state index contributed by atoms with van der Waals surface area (Å²) >= 11 is 11.6. The van der Waals surface area contributed by atoms with Crippen LogP contribution in [0.25, 0.3) is 0 Å². The molecule has 0 aromatic heterocycles. The van der Waals surface area contributed by atoms with Crippen molar-refractivity contribution < 1.29 is 18.5 Å². The van der Waals surface area contributed by atoms with E-state index in [1.54, 1.807) is 6.92 Å². The molecular weight excluding hydrogens is 365 g/mol. The third-order valence-electron chi connectivity index (χ3n) is 3.26. The van der Waals surface area contributed by atoms with Crippen molar-refractivity contribution in [2.45, 2.75) is 13.0 Å². The van der Waals surface area contributed by atoms with E-state index in [1.165, 1.54) is 6.07 Å². The first-order valence-electron chi connectivity index (χ1n) is 6.60. The van der Waals surface area contributed by atoms with E-state index in [0.29, 0.717) is 0 Å². The molecule has 0 aliphatic carbocycles. The number of carbonyl (C=O) groups is 1. The van der Waals surface area contributed by atoms with Gasteiger partial charge in [0, 0.05) is 16.7 Å². The average Bonchev–Trinajstić information content (AvgIpc) is 2.50. The number of carbonyl (C=O) groups excluding carboxylic acids is 1. The minimum absolute atomic E-state index is 0.111. The highest BCUT2D eigenvalue weighted by Crippen LogP contribution is 2.29. The van der Waals surface area contributed by atoms with Gasteiger partial charge in [-0.15, -0.1) is 0 Å². The van der Waals surface area contributed by atoms with Crippen molar-refractivity contribution in [3.63, 3.8) is 0 Å². The first kappa shape index (κ1) is 18.1. The first-order valence-corrected chi connectivity index (χ1v) is 7.35. The lowest BCUT2D eigenvalue weighted by Gasteiger charge is -2.16. The monoisotopic (exact) mass is 374 g/mol. The van der Waals surface area contributed by atoms with Gasteiger partial charge in [0.25, 0.3) is 5.91 Å². The van der Waals surface area contributed by atoms with E-state index < -0.39 is 34.2 Å². The zero-order chi connectivity index (χ0) is 18.0. The van der Waals surface area contributed by atoms with Crippen molar-refractivity contribution in [1.29, 1.82) is 0 Å². The molecule has 1 N–H and O–H groups in total. The Kier molecular flexibility index (Phi) is 5.36. The predicted octanol–water partition coefficient (Wildman–Crippen LogP) is 4.67. The van der Waals surface area contributed by atoms with Crippen LogP contribution in [-0.2, 0) is 0 Å². The summed E-state index contributed by atoms with van der Waals surface area (Å²) in [5.41, 5.74) is -0.644. The van der Waals surface area contributed by atoms with E-state index in [2.05, 4.69) is 5.32 Å². The van der Waals surface area contributed by atoms with Gasteiger partial charge < -0.3 is 5.32 Å². The molecule has 0 bridgehead atoms. The fourth-order valence-corrected chi connectivity index (χ4v) is 2.57. The SMILES string of the molecule is C[C@@H](NC(=O)c1ccc(F)c([N+](=O)[O-])c1)c1cc(F)c(Cl)cc1Cl. The lowest BCUT2D eigenvalue weighted by molar-refractivity contribution is -0.387. The Labute approximate surface area is 145 Å². The zero-order valence-electron chi connectivity index (χ0n) is 12.1. The van der Waals surface area contributed by atoms with Crippen LogP contribution < -0.4 is 5.32 Å². The van der Waals surface area contributed by atoms with Gasteiger partial charge in [0.1, 0.15) is 5.82 Å². The van der Waals surface area contributed by atoms with E-state index in [9.17, 15) is 23.7 Å². The highest BCUT2D eigenvalue weighted by Gasteiger charge is 2.20. The van der Waals surface area contributed by atoms with Crippen LogP contribution in [0.5, 0.6) is 0 Å². The van der Waals surface area contributed by atoms with Crippen molar-refractivity contribution in [2.24, 2.45) is 0 Å². The van der Waals surface area contributed by atoms with E-state index in [1.807, 2.05) is 0 Å². The quantitative estimate of drug-likeness (QED) is 0.480. The van der Waals surface area contributed by atoms with Gasteiger partial charge in [-0.2, -0.15) is 4.39 Å². The molecule has 0 saturated heterocycles. The molecule has 126 valence electrons. The van der Waals surface area contributed by atoms with Crippen molar-refractivity contribution in [1.82, 2.24) is 5.32 Å². The van der Waals surface area contributed by atoms with Crippen LogP contribution in [0.1, 0.15) is 28.9 Å². The van der Waals surface area contributed by atoms with E-state index in [-0.39, 0.29) is 21.2 Å². The maximum Gasteiger partial charge on any atom is 0.305 e. The van der Waals surface area contributed by atoms with Crippen molar-refractivity contribution in [3.05, 3.63) is 73.3 Å². The molecule has 0 spiro atoms. The molecule has 5 nitrogen and oxygen atoms in total. The van der Waals surface area contributed by atoms with E-state index >= 15 is 0 Å². The van der Waals surface area contributed by atoms with E-state index in [4.69, 9.17) is 23.2 Å². The second-order valence-electron chi connectivity index (χ2n) is 4.91. The minimum Gasteiger partial charge on any atom is -0.345 e. The number of nitro benzene ring substituents is 1. The Balaban J connectivity index is 2.25. The molecule has 0 aliphatic rings. The molecule has 0 radical (unpaired) electrons. The lowest BCUT2D eigenvalue weighted by atomic mass is 10.1. The van der Waals surface area contributed by atoms with Gasteiger partial charge in [0.15, 0.2) is 0 Å². The van der Waals surface area contributed by atoms with Gasteiger partial charge in [-0.1, -0.05) is 23.2 Å². The summed E-state index contributed by atoms with van der Waals surface area (Å²) in [6.45, 7) is 1.55. The summed E-state index contributed by atoms with van der Waals surface area (Å²) in [4.78, 5) is 21.9. The van der Waals surface area contributed by atoms with Crippen molar-refractivity contribution >= 4 is 34.8 Å². The number of halogens is 4. The van der Waals surface area contributed by atoms with Crippen LogP contribution in [0.15, 0.2) is 30.3 Å². The summed E-state index contributed by atoms with van der Waals surface area (Å²) in [5.74, 6) is -2.45. The Bertz CT molecular complexity index is 831. The van der Waals surface area contributed by atoms with Crippen LogP contribution >= 0.6 is 23.2 Å². The molecule has 0 unspecified atom stereocenters. The van der Waals surface area contributed by atoms with E-state index in [0.717, 1.165) is 24.3 Å². The van der Waals surface area contributed by atoms with Crippen LogP contribution in [0.3, 0.4) is 0 Å². The third-order valence-corrected chi connectivity index (χ3v) is 3.88. The van der Waals surface area contributed by atoms with Crippen LogP contribution in [-0.4, -0.2) is 10.8 Å². The van der Waals surface area contributed by atoms with Gasteiger partial charge in [-0.3, -0.25) is 14.9 Å². The third kappa shape index (κ3) is 3.80. The maximum atomic E-state index is 13.5. The highest BCUT2D eigenvalue weighted by molar-refractivity contribution is 6.35. The summed E-state index contributed by atoms with van der Waals surface area (Å²) in [7, 11) is 0. The molecule has 0 fully saturated rings. The second-order valence-corrected chi connectivity index (χ2v) is 5.72. The Morgan fingerprint density at radius 2 is 1.83 bits per heavy atom. The Morgan fingerprint density at radius 1 is 1.17 bits per heavy atom. The smallest absolute Gasteiger partial charge is 0.305 e. The summed E-state index contributed by atoms with van der Waals surface area (Å²) in [6, 6.07) is 4.34. The average molecular weight is 375 g/mol. The number of rotatable bonds is 4. The minimum atomic E-state index is -1.05. The molecule has 2 aromatic carbocycles. The predicted molar refractivity (Wildman–Crippen MR) is 85.4 cm³/mol. The molecule has 2 rings (SSSR count). The number of nitrogens with zero attached hydrogens (tertiary/aromatic N) is 1. The largest absolute Gasteiger partial charge is 0.345 e. The van der Waals surface area contributed by atoms with Crippen LogP contribution in [0, 0.1) is 21.7 Å². The summed E-state index contributed by atoms with van der Waals surface area (Å²) < 4.78 is 26.8. The number of amides is 1. The standard InChI is InChI=1S/C15H10Cl2F2N2O3/c1-7(9-5-13(19)11(17)6-10(9)16)20-15(22)8-2-3-12(18)14(4-8)21(23)24/h2-7H,1H3,(H,20,22)/t7-/m1/s1. The molecule has 2 aromatic rings. The Hall–Kier alpha value is -2.25. The number of hydrogen-bond donors (Lipinski definition) is 1. The van der Waals surface area contributed by atoms with Crippen molar-refractivity contribution in [3.8, 4) is 0 Å². The first-order chi connectivity index (χ1) is 11.2. The normalized spacial score (nSPS) is 11.9. The number of hydrogen-bond acceptors (Lipinski definition) is 3. The zero-order valence-corrected chi connectivity index (χ0v) is 13.7. The highest BCUT2D eigenvalue weighted by atomic mass is 35.5. The Morgan fingerprint density at radius 3 is 2.46 bits per heavy atom. The summed E-state index contributed by atoms with van der Waals surface area (Å²) in [6.07, 6.45) is 0. The fourth-order valence-electron chi connectivity index (χ4n) is 2.02. The van der Waals surface area contributed by atoms with Gasteiger partial charge in [-0.25, -0.2) is 4.39 Å². The lowest BCUT2D eigenvalue weighted by Crippen LogP contribution is -2.27. The molecule has 1 amide bonds. The topological polar surface area (TPSA) is 72.2 Å². The molecule has 1 atom stereocenters. The summed E-state index contributed by atoms with van der Waals surface area (Å²) in [5, 5.41) is 13.2. The molecule has 0 saturated carbocycles. The van der Waals surface area contributed by atoms with Gasteiger partial charge in [0.2, 0.25) is 5.82 Å². The molecule has 0 heterocycles. The second kappa shape index (κ2) is 7.11. The van der Waals surface area contributed by atoms with Crippen LogP contribution in [0.4, 0.5) is 14.5 Å². The van der Waals surface area contributed by atoms with Gasteiger partial charge in [0.05, 0.1) is 16.0 Å². The molecular formula is C15H10Cl2F2N2O3. The number of nitro groups is 1. The molecule has 24 heavy (non-hydrogen) atoms. The fraction of sp³-hybridized carbons (Fsp3) is 0.133. The number of nitrogens with one attached hydrogen (secondary N) is 1. The van der Waals surface area contributed by atoms with Crippen LogP contribution in [0.2, 0.25) is 10.0 Å². The number of benzene rings is 2. The van der Waals surface area contributed by atoms with Crippen molar-refractivity contribution in [2.75, 3.05) is 0 Å². The molecule has 0 aliphatic heterocycles. The molecule has 9 heteroatoms. The van der Waals surface area contributed by atoms with Gasteiger partial charge in [-0.05, 0) is 36.8 Å². The maximum absolute atomic E-state index is 13.5. The van der Waals surface area contributed by atoms with Gasteiger partial charge >= 0.3 is 5.69 Å².